The van der Waals surface area contributed by atoms with Crippen LogP contribution in [0.3, 0.4) is 0 Å². The Hall–Kier alpha value is -3.52. The van der Waals surface area contributed by atoms with Crippen LogP contribution in [0.1, 0.15) is 17.0 Å². The maximum absolute atomic E-state index is 12.7. The average Bonchev–Trinajstić information content (AvgIpc) is 3.19. The number of aryl methyl sites for hydroxylation is 1. The van der Waals surface area contributed by atoms with Crippen molar-refractivity contribution in [3.05, 3.63) is 90.1 Å². The zero-order chi connectivity index (χ0) is 20.3. The lowest BCUT2D eigenvalue weighted by Gasteiger charge is -2.12. The predicted molar refractivity (Wildman–Crippen MR) is 109 cm³/mol. The number of anilines is 1. The van der Waals surface area contributed by atoms with E-state index in [2.05, 4.69) is 19.8 Å². The number of rotatable bonds is 6. The van der Waals surface area contributed by atoms with Crippen LogP contribution in [0.4, 0.5) is 5.69 Å². The van der Waals surface area contributed by atoms with E-state index in [-0.39, 0.29) is 4.90 Å². The van der Waals surface area contributed by atoms with E-state index in [9.17, 15) is 8.42 Å². The van der Waals surface area contributed by atoms with Gasteiger partial charge < -0.3 is 4.52 Å². The van der Waals surface area contributed by atoms with Gasteiger partial charge in [0.1, 0.15) is 0 Å². The molecule has 0 aliphatic rings. The average molecular weight is 406 g/mol. The number of nitrogens with zero attached hydrogens (tertiary/aromatic N) is 3. The van der Waals surface area contributed by atoms with Crippen molar-refractivity contribution in [2.24, 2.45) is 0 Å². The molecule has 0 saturated heterocycles. The molecule has 0 unspecified atom stereocenters. The van der Waals surface area contributed by atoms with E-state index in [1.807, 2.05) is 25.1 Å². The Labute approximate surface area is 168 Å². The smallest absolute Gasteiger partial charge is 0.261 e. The molecule has 146 valence electrons. The zero-order valence-corrected chi connectivity index (χ0v) is 16.4. The summed E-state index contributed by atoms with van der Waals surface area (Å²) in [6.45, 7) is 1.91. The van der Waals surface area contributed by atoms with Crippen molar-refractivity contribution in [3.8, 4) is 11.4 Å². The number of nitrogens with one attached hydrogen (secondary N) is 1. The van der Waals surface area contributed by atoms with Gasteiger partial charge in [-0.15, -0.1) is 0 Å². The van der Waals surface area contributed by atoms with Gasteiger partial charge in [-0.05, 0) is 42.8 Å². The van der Waals surface area contributed by atoms with Gasteiger partial charge in [0.25, 0.3) is 10.0 Å². The topological polar surface area (TPSA) is 98.0 Å². The molecular weight excluding hydrogens is 388 g/mol. The Balaban J connectivity index is 1.58. The molecule has 2 aromatic heterocycles. The highest BCUT2D eigenvalue weighted by Gasteiger charge is 2.17. The second-order valence-corrected chi connectivity index (χ2v) is 8.19. The molecule has 4 aromatic rings. The molecule has 0 aliphatic carbocycles. The quantitative estimate of drug-likeness (QED) is 0.523. The largest absolute Gasteiger partial charge is 0.339 e. The van der Waals surface area contributed by atoms with E-state index in [4.69, 9.17) is 4.52 Å². The van der Waals surface area contributed by atoms with E-state index in [0.29, 0.717) is 23.8 Å². The fourth-order valence-electron chi connectivity index (χ4n) is 2.80. The Kier molecular flexibility index (Phi) is 5.09. The summed E-state index contributed by atoms with van der Waals surface area (Å²) in [5.41, 5.74) is 2.93. The van der Waals surface area contributed by atoms with Crippen LogP contribution >= 0.6 is 0 Å². The number of sulfonamides is 1. The minimum absolute atomic E-state index is 0.203. The molecule has 8 heteroatoms. The molecule has 0 amide bonds. The molecule has 2 aromatic carbocycles. The summed E-state index contributed by atoms with van der Waals surface area (Å²) in [6, 6.07) is 17.4. The Morgan fingerprint density at radius 2 is 1.79 bits per heavy atom. The van der Waals surface area contributed by atoms with Gasteiger partial charge in [-0.25, -0.2) is 8.42 Å². The molecule has 4 rings (SSSR count). The lowest BCUT2D eigenvalue weighted by Crippen LogP contribution is -2.14. The van der Waals surface area contributed by atoms with E-state index in [0.717, 1.165) is 16.7 Å². The lowest BCUT2D eigenvalue weighted by molar-refractivity contribution is 0.386. The predicted octanol–water partition coefficient (Wildman–Crippen LogP) is 3.83. The summed E-state index contributed by atoms with van der Waals surface area (Å²) in [7, 11) is -3.71. The number of hydrogen-bond acceptors (Lipinski definition) is 6. The normalized spacial score (nSPS) is 11.3. The maximum Gasteiger partial charge on any atom is 0.261 e. The monoisotopic (exact) mass is 406 g/mol. The second kappa shape index (κ2) is 7.84. The minimum atomic E-state index is -3.71. The van der Waals surface area contributed by atoms with Gasteiger partial charge in [-0.2, -0.15) is 4.98 Å². The third-order valence-corrected chi connectivity index (χ3v) is 5.70. The van der Waals surface area contributed by atoms with E-state index >= 15 is 0 Å². The van der Waals surface area contributed by atoms with Crippen molar-refractivity contribution in [3.63, 3.8) is 0 Å². The van der Waals surface area contributed by atoms with Crippen molar-refractivity contribution in [1.29, 1.82) is 0 Å². The highest BCUT2D eigenvalue weighted by molar-refractivity contribution is 7.92. The number of para-hydroxylation sites is 1. The van der Waals surface area contributed by atoms with Crippen LogP contribution in [-0.4, -0.2) is 23.5 Å². The molecule has 0 atom stereocenters. The van der Waals surface area contributed by atoms with Crippen LogP contribution in [0.5, 0.6) is 0 Å². The molecule has 0 aliphatic heterocycles. The second-order valence-electron chi connectivity index (χ2n) is 6.51. The summed E-state index contributed by atoms with van der Waals surface area (Å²) >= 11 is 0. The molecular formula is C21H18N4O3S. The van der Waals surface area contributed by atoms with Crippen LogP contribution < -0.4 is 4.72 Å². The van der Waals surface area contributed by atoms with Gasteiger partial charge in [0.05, 0.1) is 17.0 Å². The molecule has 2 heterocycles. The molecule has 0 spiro atoms. The number of hydrogen-bond donors (Lipinski definition) is 1. The molecule has 7 nitrogen and oxygen atoms in total. The van der Waals surface area contributed by atoms with Gasteiger partial charge in [0.2, 0.25) is 11.7 Å². The van der Waals surface area contributed by atoms with Crippen LogP contribution in [0.25, 0.3) is 11.4 Å². The highest BCUT2D eigenvalue weighted by atomic mass is 32.2. The van der Waals surface area contributed by atoms with Gasteiger partial charge in [0, 0.05) is 18.0 Å². The molecule has 0 bridgehead atoms. The first-order chi connectivity index (χ1) is 14.0. The fourth-order valence-corrected chi connectivity index (χ4v) is 3.90. The van der Waals surface area contributed by atoms with E-state index in [1.54, 1.807) is 54.9 Å². The van der Waals surface area contributed by atoms with Gasteiger partial charge in [0.15, 0.2) is 0 Å². The van der Waals surface area contributed by atoms with E-state index in [1.165, 1.54) is 0 Å². The van der Waals surface area contributed by atoms with E-state index < -0.39 is 10.0 Å². The first-order valence-electron chi connectivity index (χ1n) is 8.92. The number of aromatic nitrogens is 3. The van der Waals surface area contributed by atoms with Crippen LogP contribution in [0.2, 0.25) is 0 Å². The molecule has 0 fully saturated rings. The van der Waals surface area contributed by atoms with Crippen molar-refractivity contribution in [2.75, 3.05) is 4.72 Å². The SMILES string of the molecule is Cc1ccc(S(=O)(=O)Nc2ccccc2Cc2nc(-c3cccnc3)no2)cc1. The number of benzene rings is 2. The van der Waals surface area contributed by atoms with Crippen molar-refractivity contribution >= 4 is 15.7 Å². The number of pyridine rings is 1. The van der Waals surface area contributed by atoms with Crippen LogP contribution in [0, 0.1) is 6.92 Å². The van der Waals surface area contributed by atoms with Gasteiger partial charge in [-0.1, -0.05) is 41.1 Å². The highest BCUT2D eigenvalue weighted by Crippen LogP contribution is 2.23. The maximum atomic E-state index is 12.7. The van der Waals surface area contributed by atoms with Crippen molar-refractivity contribution in [1.82, 2.24) is 15.1 Å². The van der Waals surface area contributed by atoms with Gasteiger partial charge in [-0.3, -0.25) is 9.71 Å². The van der Waals surface area contributed by atoms with Gasteiger partial charge >= 0.3 is 0 Å². The molecule has 29 heavy (non-hydrogen) atoms. The third-order valence-electron chi connectivity index (χ3n) is 4.32. The molecule has 1 N–H and O–H groups in total. The summed E-state index contributed by atoms with van der Waals surface area (Å²) in [4.78, 5) is 8.63. The first-order valence-corrected chi connectivity index (χ1v) is 10.4. The summed E-state index contributed by atoms with van der Waals surface area (Å²) in [6.07, 6.45) is 3.61. The van der Waals surface area contributed by atoms with Crippen LogP contribution in [0.15, 0.2) is 82.5 Å². The molecule has 0 saturated carbocycles. The Bertz CT molecular complexity index is 1220. The Morgan fingerprint density at radius 3 is 2.55 bits per heavy atom. The van der Waals surface area contributed by atoms with Crippen molar-refractivity contribution < 1.29 is 12.9 Å². The van der Waals surface area contributed by atoms with Crippen molar-refractivity contribution in [2.45, 2.75) is 18.2 Å². The van der Waals surface area contributed by atoms with Crippen LogP contribution in [-0.2, 0) is 16.4 Å². The standard InChI is InChI=1S/C21H18N4O3S/c1-15-8-10-18(11-9-15)29(26,27)25-19-7-3-2-5-16(19)13-20-23-21(24-28-20)17-6-4-12-22-14-17/h2-12,14,25H,13H2,1H3. The summed E-state index contributed by atoms with van der Waals surface area (Å²) in [5, 5.41) is 3.98. The minimum Gasteiger partial charge on any atom is -0.339 e. The summed E-state index contributed by atoms with van der Waals surface area (Å²) < 4.78 is 33.5. The first kappa shape index (κ1) is 18.8. The third kappa shape index (κ3) is 4.33. The lowest BCUT2D eigenvalue weighted by atomic mass is 10.1. The summed E-state index contributed by atoms with van der Waals surface area (Å²) in [5.74, 6) is 0.816. The Morgan fingerprint density at radius 1 is 1.00 bits per heavy atom. The fraction of sp³-hybridized carbons (Fsp3) is 0.0952. The zero-order valence-electron chi connectivity index (χ0n) is 15.6. The molecule has 0 radical (unpaired) electrons.